The number of ether oxygens (including phenoxy) is 1. The van der Waals surface area contributed by atoms with Crippen molar-refractivity contribution in [1.29, 1.82) is 0 Å². The van der Waals surface area contributed by atoms with Gasteiger partial charge in [-0.15, -0.1) is 0 Å². The number of carbonyl (C=O) groups excluding carboxylic acids is 1. The lowest BCUT2D eigenvalue weighted by atomic mass is 10.0. The van der Waals surface area contributed by atoms with Crippen molar-refractivity contribution in [3.05, 3.63) is 46.8 Å². The number of amides is 1. The Kier molecular flexibility index (Phi) is 4.85. The minimum atomic E-state index is -0.0795. The summed E-state index contributed by atoms with van der Waals surface area (Å²) in [5, 5.41) is 3.89. The van der Waals surface area contributed by atoms with Crippen LogP contribution in [0.15, 0.2) is 28.8 Å². The Morgan fingerprint density at radius 1 is 1.36 bits per heavy atom. The maximum absolute atomic E-state index is 12.5. The number of rotatable bonds is 5. The molecule has 0 bridgehead atoms. The molecule has 0 unspecified atom stereocenters. The molecule has 118 valence electrons. The molecule has 0 aliphatic rings. The van der Waals surface area contributed by atoms with E-state index < -0.39 is 0 Å². The van der Waals surface area contributed by atoms with Crippen molar-refractivity contribution in [3.8, 4) is 5.75 Å². The first kappa shape index (κ1) is 16.1. The summed E-state index contributed by atoms with van der Waals surface area (Å²) in [5.74, 6) is 1.50. The number of aromatic nitrogens is 1. The molecule has 0 spiro atoms. The molecule has 0 saturated carbocycles. The fourth-order valence-corrected chi connectivity index (χ4v) is 2.47. The highest BCUT2D eigenvalue weighted by molar-refractivity contribution is 5.79. The minimum absolute atomic E-state index is 0.0211. The maximum Gasteiger partial charge on any atom is 0.227 e. The molecule has 2 aromatic rings. The van der Waals surface area contributed by atoms with Crippen LogP contribution in [0.5, 0.6) is 5.75 Å². The summed E-state index contributed by atoms with van der Waals surface area (Å²) in [6.07, 6.45) is 0.289. The van der Waals surface area contributed by atoms with Crippen LogP contribution >= 0.6 is 0 Å². The Hall–Kier alpha value is -2.30. The molecule has 0 aliphatic carbocycles. The van der Waals surface area contributed by atoms with Crippen LogP contribution in [0.2, 0.25) is 0 Å². The minimum Gasteiger partial charge on any atom is -0.496 e. The van der Waals surface area contributed by atoms with Gasteiger partial charge in [-0.2, -0.15) is 0 Å². The fourth-order valence-electron chi connectivity index (χ4n) is 2.47. The van der Waals surface area contributed by atoms with Crippen LogP contribution < -0.4 is 4.74 Å². The van der Waals surface area contributed by atoms with Crippen LogP contribution in [0.3, 0.4) is 0 Å². The number of aryl methyl sites for hydroxylation is 2. The van der Waals surface area contributed by atoms with Gasteiger partial charge in [-0.25, -0.2) is 0 Å². The quantitative estimate of drug-likeness (QED) is 0.852. The average Bonchev–Trinajstić information content (AvgIpc) is 2.85. The first-order chi connectivity index (χ1) is 10.5. The Bertz CT molecular complexity index is 644. The number of likely N-dealkylation sites (N-methyl/N-ethyl adjacent to an activating group) is 1. The molecule has 1 atom stereocenters. The highest BCUT2D eigenvalue weighted by Gasteiger charge is 2.22. The predicted molar refractivity (Wildman–Crippen MR) is 83.9 cm³/mol. The van der Waals surface area contributed by atoms with Gasteiger partial charge < -0.3 is 14.2 Å². The number of para-hydroxylation sites is 1. The number of benzene rings is 1. The third kappa shape index (κ3) is 3.13. The van der Waals surface area contributed by atoms with Gasteiger partial charge in [0.05, 0.1) is 25.3 Å². The summed E-state index contributed by atoms with van der Waals surface area (Å²) >= 11 is 0. The Morgan fingerprint density at radius 2 is 2.05 bits per heavy atom. The van der Waals surface area contributed by atoms with Crippen molar-refractivity contribution in [2.75, 3.05) is 14.2 Å². The van der Waals surface area contributed by atoms with E-state index >= 15 is 0 Å². The normalized spacial score (nSPS) is 12.0. The van der Waals surface area contributed by atoms with Crippen molar-refractivity contribution >= 4 is 5.91 Å². The van der Waals surface area contributed by atoms with Gasteiger partial charge in [0.2, 0.25) is 5.91 Å². The van der Waals surface area contributed by atoms with E-state index in [2.05, 4.69) is 5.16 Å². The Morgan fingerprint density at radius 3 is 2.64 bits per heavy atom. The molecule has 0 N–H and O–H groups in total. The van der Waals surface area contributed by atoms with Crippen molar-refractivity contribution in [1.82, 2.24) is 10.1 Å². The fraction of sp³-hybridized carbons (Fsp3) is 0.412. The lowest BCUT2D eigenvalue weighted by Gasteiger charge is -2.26. The summed E-state index contributed by atoms with van der Waals surface area (Å²) in [6.45, 7) is 5.66. The van der Waals surface area contributed by atoms with E-state index in [0.29, 0.717) is 5.76 Å². The van der Waals surface area contributed by atoms with Gasteiger partial charge in [-0.05, 0) is 26.8 Å². The number of hydrogen-bond donors (Lipinski definition) is 0. The van der Waals surface area contributed by atoms with E-state index in [0.717, 1.165) is 22.6 Å². The topological polar surface area (TPSA) is 55.6 Å². The van der Waals surface area contributed by atoms with Crippen LogP contribution in [0.4, 0.5) is 0 Å². The summed E-state index contributed by atoms with van der Waals surface area (Å²) in [5.41, 5.74) is 2.62. The van der Waals surface area contributed by atoms with E-state index in [1.54, 1.807) is 19.1 Å². The lowest BCUT2D eigenvalue weighted by Crippen LogP contribution is -2.31. The highest BCUT2D eigenvalue weighted by Crippen LogP contribution is 2.28. The van der Waals surface area contributed by atoms with E-state index in [1.807, 2.05) is 45.0 Å². The first-order valence-electron chi connectivity index (χ1n) is 7.26. The Balaban J connectivity index is 2.16. The first-order valence-corrected chi connectivity index (χ1v) is 7.26. The molecule has 0 fully saturated rings. The van der Waals surface area contributed by atoms with E-state index in [4.69, 9.17) is 9.26 Å². The van der Waals surface area contributed by atoms with Gasteiger partial charge in [0.1, 0.15) is 11.5 Å². The summed E-state index contributed by atoms with van der Waals surface area (Å²) in [6, 6.07) is 7.66. The van der Waals surface area contributed by atoms with Gasteiger partial charge in [-0.3, -0.25) is 4.79 Å². The monoisotopic (exact) mass is 302 g/mol. The second-order valence-corrected chi connectivity index (χ2v) is 5.40. The number of nitrogens with zero attached hydrogens (tertiary/aromatic N) is 2. The van der Waals surface area contributed by atoms with E-state index in [1.165, 1.54) is 0 Å². The SMILES string of the molecule is COc1ccccc1[C@H](C)N(C)C(=O)Cc1c(C)noc1C. The molecule has 0 aliphatic heterocycles. The zero-order chi connectivity index (χ0) is 16.3. The molecular weight excluding hydrogens is 280 g/mol. The largest absolute Gasteiger partial charge is 0.496 e. The number of carbonyl (C=O) groups is 1. The molecule has 22 heavy (non-hydrogen) atoms. The third-order valence-corrected chi connectivity index (χ3v) is 4.07. The molecule has 2 rings (SSSR count). The number of hydrogen-bond acceptors (Lipinski definition) is 4. The summed E-state index contributed by atoms with van der Waals surface area (Å²) < 4.78 is 10.5. The lowest BCUT2D eigenvalue weighted by molar-refractivity contribution is -0.131. The number of methoxy groups -OCH3 is 1. The molecule has 1 amide bonds. The molecule has 1 aromatic carbocycles. The zero-order valence-electron chi connectivity index (χ0n) is 13.7. The molecule has 1 aromatic heterocycles. The second kappa shape index (κ2) is 6.64. The van der Waals surface area contributed by atoms with Crippen LogP contribution in [-0.4, -0.2) is 30.1 Å². The van der Waals surface area contributed by atoms with Crippen molar-refractivity contribution in [2.45, 2.75) is 33.2 Å². The predicted octanol–water partition coefficient (Wildman–Crippen LogP) is 3.06. The van der Waals surface area contributed by atoms with Crippen molar-refractivity contribution < 1.29 is 14.1 Å². The smallest absolute Gasteiger partial charge is 0.227 e. The van der Waals surface area contributed by atoms with Gasteiger partial charge in [-0.1, -0.05) is 23.4 Å². The highest BCUT2D eigenvalue weighted by atomic mass is 16.5. The third-order valence-electron chi connectivity index (χ3n) is 4.07. The summed E-state index contributed by atoms with van der Waals surface area (Å²) in [7, 11) is 3.44. The Labute approximate surface area is 130 Å². The van der Waals surface area contributed by atoms with E-state index in [-0.39, 0.29) is 18.4 Å². The van der Waals surface area contributed by atoms with Crippen LogP contribution in [0, 0.1) is 13.8 Å². The van der Waals surface area contributed by atoms with Crippen LogP contribution in [0.1, 0.15) is 35.5 Å². The van der Waals surface area contributed by atoms with Crippen molar-refractivity contribution in [2.24, 2.45) is 0 Å². The second-order valence-electron chi connectivity index (χ2n) is 5.40. The van der Waals surface area contributed by atoms with E-state index in [9.17, 15) is 4.79 Å². The van der Waals surface area contributed by atoms with Crippen LogP contribution in [0.25, 0.3) is 0 Å². The summed E-state index contributed by atoms with van der Waals surface area (Å²) in [4.78, 5) is 14.3. The van der Waals surface area contributed by atoms with Gasteiger partial charge in [0.25, 0.3) is 0 Å². The van der Waals surface area contributed by atoms with Crippen molar-refractivity contribution in [3.63, 3.8) is 0 Å². The van der Waals surface area contributed by atoms with Gasteiger partial charge in [0.15, 0.2) is 0 Å². The average molecular weight is 302 g/mol. The molecular formula is C17H22N2O3. The standard InChI is InChI=1S/C17H22N2O3/c1-11-15(13(3)22-18-11)10-17(20)19(4)12(2)14-8-6-7-9-16(14)21-5/h6-9,12H,10H2,1-5H3/t12-/m0/s1. The molecule has 5 heteroatoms. The molecule has 0 radical (unpaired) electrons. The maximum atomic E-state index is 12.5. The van der Waals surface area contributed by atoms with Gasteiger partial charge >= 0.3 is 0 Å². The van der Waals surface area contributed by atoms with Gasteiger partial charge in [0, 0.05) is 18.2 Å². The molecule has 1 heterocycles. The molecule has 0 saturated heterocycles. The van der Waals surface area contributed by atoms with Crippen LogP contribution in [-0.2, 0) is 11.2 Å². The zero-order valence-corrected chi connectivity index (χ0v) is 13.7. The molecule has 5 nitrogen and oxygen atoms in total.